The number of hydrogen-bond acceptors (Lipinski definition) is 2. The Kier molecular flexibility index (Phi) is 4.47. The summed E-state index contributed by atoms with van der Waals surface area (Å²) in [6.07, 6.45) is 8.22. The molecule has 3 heteroatoms. The maximum absolute atomic E-state index is 8.37. The van der Waals surface area contributed by atoms with Crippen LogP contribution in [0.4, 0.5) is 0 Å². The standard InChI is InChI=1S/C12H8BrNO/c1-2-8-15-12-6-5-10(4-3-7-14)9-11(12)13/h1,3-6,9H,8H2. The Labute approximate surface area is 97.3 Å². The molecule has 0 spiro atoms. The Morgan fingerprint density at radius 3 is 2.93 bits per heavy atom. The third-order valence-electron chi connectivity index (χ3n) is 1.62. The summed E-state index contributed by atoms with van der Waals surface area (Å²) in [5.74, 6) is 3.09. The molecule has 1 aromatic carbocycles. The minimum Gasteiger partial charge on any atom is -0.480 e. The van der Waals surface area contributed by atoms with Crippen LogP contribution in [-0.4, -0.2) is 6.61 Å². The third-order valence-corrected chi connectivity index (χ3v) is 2.24. The summed E-state index contributed by atoms with van der Waals surface area (Å²) in [6, 6.07) is 7.45. The lowest BCUT2D eigenvalue weighted by atomic mass is 10.2. The first-order chi connectivity index (χ1) is 7.27. The highest BCUT2D eigenvalue weighted by molar-refractivity contribution is 9.10. The van der Waals surface area contributed by atoms with Crippen molar-refractivity contribution in [3.8, 4) is 24.2 Å². The third kappa shape index (κ3) is 3.50. The average Bonchev–Trinajstić information content (AvgIpc) is 2.25. The largest absolute Gasteiger partial charge is 0.480 e. The molecular formula is C12H8BrNO. The minimum absolute atomic E-state index is 0.242. The van der Waals surface area contributed by atoms with E-state index in [4.69, 9.17) is 16.4 Å². The second kappa shape index (κ2) is 5.90. The number of ether oxygens (including phenoxy) is 1. The summed E-state index contributed by atoms with van der Waals surface area (Å²) in [7, 11) is 0. The molecule has 0 fully saturated rings. The van der Waals surface area contributed by atoms with E-state index in [1.165, 1.54) is 6.08 Å². The van der Waals surface area contributed by atoms with E-state index >= 15 is 0 Å². The first-order valence-corrected chi connectivity index (χ1v) is 4.99. The summed E-state index contributed by atoms with van der Waals surface area (Å²) in [4.78, 5) is 0. The maximum Gasteiger partial charge on any atom is 0.148 e. The fraction of sp³-hybridized carbons (Fsp3) is 0.0833. The molecule has 0 bridgehead atoms. The van der Waals surface area contributed by atoms with Crippen molar-refractivity contribution >= 4 is 22.0 Å². The molecule has 0 atom stereocenters. The van der Waals surface area contributed by atoms with Crippen molar-refractivity contribution in [1.82, 2.24) is 0 Å². The molecule has 0 radical (unpaired) electrons. The van der Waals surface area contributed by atoms with Gasteiger partial charge in [-0.3, -0.25) is 0 Å². The topological polar surface area (TPSA) is 33.0 Å². The van der Waals surface area contributed by atoms with Crippen LogP contribution in [-0.2, 0) is 0 Å². The predicted octanol–water partition coefficient (Wildman–Crippen LogP) is 3.00. The number of nitriles is 1. The monoisotopic (exact) mass is 261 g/mol. The maximum atomic E-state index is 8.37. The van der Waals surface area contributed by atoms with E-state index in [2.05, 4.69) is 21.9 Å². The molecule has 0 unspecified atom stereocenters. The summed E-state index contributed by atoms with van der Waals surface area (Å²) in [5.41, 5.74) is 0.927. The number of nitrogens with zero attached hydrogens (tertiary/aromatic N) is 1. The van der Waals surface area contributed by atoms with Crippen LogP contribution in [0, 0.1) is 23.7 Å². The lowest BCUT2D eigenvalue weighted by molar-refractivity contribution is 0.368. The molecule has 0 saturated heterocycles. The second-order valence-corrected chi connectivity index (χ2v) is 3.50. The first-order valence-electron chi connectivity index (χ1n) is 4.20. The van der Waals surface area contributed by atoms with Gasteiger partial charge in [0.15, 0.2) is 0 Å². The molecule has 1 rings (SSSR count). The van der Waals surface area contributed by atoms with Gasteiger partial charge < -0.3 is 4.74 Å². The first kappa shape index (κ1) is 11.4. The summed E-state index contributed by atoms with van der Waals surface area (Å²) < 4.78 is 6.09. The van der Waals surface area contributed by atoms with Gasteiger partial charge in [0, 0.05) is 6.08 Å². The van der Waals surface area contributed by atoms with Gasteiger partial charge in [-0.05, 0) is 39.7 Å². The number of halogens is 1. The Hall–Kier alpha value is -1.71. The van der Waals surface area contributed by atoms with Crippen molar-refractivity contribution in [2.75, 3.05) is 6.61 Å². The van der Waals surface area contributed by atoms with Crippen molar-refractivity contribution in [2.24, 2.45) is 0 Å². The van der Waals surface area contributed by atoms with E-state index in [9.17, 15) is 0 Å². The molecular weight excluding hydrogens is 254 g/mol. The molecule has 0 saturated carbocycles. The van der Waals surface area contributed by atoms with Crippen molar-refractivity contribution < 1.29 is 4.74 Å². The van der Waals surface area contributed by atoms with Crippen molar-refractivity contribution in [3.63, 3.8) is 0 Å². The molecule has 0 aliphatic carbocycles. The van der Waals surface area contributed by atoms with Crippen LogP contribution >= 0.6 is 15.9 Å². The zero-order valence-corrected chi connectivity index (χ0v) is 9.49. The van der Waals surface area contributed by atoms with Gasteiger partial charge in [-0.2, -0.15) is 5.26 Å². The van der Waals surface area contributed by atoms with Gasteiger partial charge in [0.25, 0.3) is 0 Å². The number of benzene rings is 1. The van der Waals surface area contributed by atoms with Crippen LogP contribution < -0.4 is 4.74 Å². The molecule has 0 aliphatic heterocycles. The Bertz CT molecular complexity index is 452. The lowest BCUT2D eigenvalue weighted by Gasteiger charge is -2.05. The van der Waals surface area contributed by atoms with Crippen molar-refractivity contribution in [1.29, 1.82) is 5.26 Å². The highest BCUT2D eigenvalue weighted by Crippen LogP contribution is 2.26. The van der Waals surface area contributed by atoms with Crippen LogP contribution in [0.5, 0.6) is 5.75 Å². The van der Waals surface area contributed by atoms with Crippen molar-refractivity contribution in [3.05, 3.63) is 34.3 Å². The molecule has 0 N–H and O–H groups in total. The quantitative estimate of drug-likeness (QED) is 0.619. The van der Waals surface area contributed by atoms with Crippen LogP contribution in [0.2, 0.25) is 0 Å². The molecule has 0 heterocycles. The summed E-state index contributed by atoms with van der Waals surface area (Å²) in [6.45, 7) is 0.242. The van der Waals surface area contributed by atoms with E-state index in [-0.39, 0.29) is 6.61 Å². The normalized spacial score (nSPS) is 9.53. The van der Waals surface area contributed by atoms with Crippen LogP contribution in [0.25, 0.3) is 6.08 Å². The van der Waals surface area contributed by atoms with E-state index in [0.717, 1.165) is 10.0 Å². The smallest absolute Gasteiger partial charge is 0.148 e. The van der Waals surface area contributed by atoms with E-state index in [1.807, 2.05) is 18.2 Å². The Balaban J connectivity index is 2.85. The highest BCUT2D eigenvalue weighted by Gasteiger charge is 2.00. The molecule has 74 valence electrons. The molecule has 0 aliphatic rings. The number of allylic oxidation sites excluding steroid dienone is 1. The van der Waals surface area contributed by atoms with E-state index in [1.54, 1.807) is 12.1 Å². The van der Waals surface area contributed by atoms with Crippen LogP contribution in [0.3, 0.4) is 0 Å². The van der Waals surface area contributed by atoms with Gasteiger partial charge in [-0.15, -0.1) is 6.42 Å². The van der Waals surface area contributed by atoms with Crippen molar-refractivity contribution in [2.45, 2.75) is 0 Å². The molecule has 0 aromatic heterocycles. The molecule has 0 amide bonds. The highest BCUT2D eigenvalue weighted by atomic mass is 79.9. The number of terminal acetylenes is 1. The van der Waals surface area contributed by atoms with Gasteiger partial charge in [0.2, 0.25) is 0 Å². The minimum atomic E-state index is 0.242. The predicted molar refractivity (Wildman–Crippen MR) is 63.1 cm³/mol. The zero-order valence-electron chi connectivity index (χ0n) is 7.90. The Morgan fingerprint density at radius 1 is 1.53 bits per heavy atom. The molecule has 2 nitrogen and oxygen atoms in total. The summed E-state index contributed by atoms with van der Waals surface area (Å²) >= 11 is 3.36. The number of hydrogen-bond donors (Lipinski definition) is 0. The van der Waals surface area contributed by atoms with Gasteiger partial charge >= 0.3 is 0 Å². The van der Waals surface area contributed by atoms with Crippen LogP contribution in [0.15, 0.2) is 28.7 Å². The fourth-order valence-electron chi connectivity index (χ4n) is 0.991. The second-order valence-electron chi connectivity index (χ2n) is 2.65. The van der Waals surface area contributed by atoms with Gasteiger partial charge in [0.1, 0.15) is 12.4 Å². The van der Waals surface area contributed by atoms with Gasteiger partial charge in [-0.25, -0.2) is 0 Å². The van der Waals surface area contributed by atoms with Gasteiger partial charge in [-0.1, -0.05) is 12.0 Å². The molecule has 15 heavy (non-hydrogen) atoms. The lowest BCUT2D eigenvalue weighted by Crippen LogP contribution is -1.94. The Morgan fingerprint density at radius 2 is 2.33 bits per heavy atom. The zero-order chi connectivity index (χ0) is 11.1. The van der Waals surface area contributed by atoms with Crippen LogP contribution in [0.1, 0.15) is 5.56 Å². The SMILES string of the molecule is C#CCOc1ccc(C=CC#N)cc1Br. The van der Waals surface area contributed by atoms with E-state index < -0.39 is 0 Å². The number of rotatable bonds is 3. The van der Waals surface area contributed by atoms with E-state index in [0.29, 0.717) is 5.75 Å². The molecule has 1 aromatic rings. The van der Waals surface area contributed by atoms with Gasteiger partial charge in [0.05, 0.1) is 10.5 Å². The summed E-state index contributed by atoms with van der Waals surface area (Å²) in [5, 5.41) is 8.37. The average molecular weight is 262 g/mol. The fourth-order valence-corrected chi connectivity index (χ4v) is 1.50.